The van der Waals surface area contributed by atoms with Crippen molar-refractivity contribution in [3.05, 3.63) is 71.4 Å². The average molecular weight is 393 g/mol. The number of esters is 1. The summed E-state index contributed by atoms with van der Waals surface area (Å²) in [6.45, 7) is 3.12. The zero-order valence-corrected chi connectivity index (χ0v) is 16.5. The average Bonchev–Trinajstić information content (AvgIpc) is 2.71. The highest BCUT2D eigenvalue weighted by Gasteiger charge is 2.28. The van der Waals surface area contributed by atoms with E-state index in [1.807, 2.05) is 30.3 Å². The van der Waals surface area contributed by atoms with Gasteiger partial charge in [-0.1, -0.05) is 36.4 Å². The van der Waals surface area contributed by atoms with Gasteiger partial charge in [0.25, 0.3) is 0 Å². The summed E-state index contributed by atoms with van der Waals surface area (Å²) in [5.41, 5.74) is 2.38. The van der Waals surface area contributed by atoms with Crippen molar-refractivity contribution >= 4 is 23.7 Å². The normalized spacial score (nSPS) is 14.8. The summed E-state index contributed by atoms with van der Waals surface area (Å²) in [6.07, 6.45) is 3.61. The number of Topliss-reactive ketones (excluding diaryl/α,β-unsaturated/α-hetero) is 1. The first-order chi connectivity index (χ1) is 14.0. The zero-order chi connectivity index (χ0) is 20.8. The molecule has 0 saturated carbocycles. The van der Waals surface area contributed by atoms with E-state index < -0.39 is 12.0 Å². The topological polar surface area (TPSA) is 72.9 Å². The Morgan fingerprint density at radius 2 is 1.69 bits per heavy atom. The molecule has 1 heterocycles. The number of fused-ring (bicyclic) bond motifs is 1. The Morgan fingerprint density at radius 3 is 2.45 bits per heavy atom. The summed E-state index contributed by atoms with van der Waals surface area (Å²) < 4.78 is 10.9. The number of hydrogen-bond acceptors (Lipinski definition) is 5. The number of carbonyl (C=O) groups is 3. The first-order valence-corrected chi connectivity index (χ1v) is 9.42. The lowest BCUT2D eigenvalue weighted by Crippen LogP contribution is -2.32. The molecule has 1 aliphatic heterocycles. The molecule has 150 valence electrons. The maximum atomic E-state index is 12.4. The number of amides is 1. The van der Waals surface area contributed by atoms with Crippen LogP contribution in [0.5, 0.6) is 5.75 Å². The van der Waals surface area contributed by atoms with Gasteiger partial charge < -0.3 is 14.4 Å². The molecule has 0 radical (unpaired) electrons. The number of nitrogens with zero attached hydrogens (tertiary/aromatic N) is 1. The highest BCUT2D eigenvalue weighted by molar-refractivity contribution is 5.96. The molecule has 6 nitrogen and oxygen atoms in total. The Hall–Kier alpha value is -3.41. The summed E-state index contributed by atoms with van der Waals surface area (Å²) in [5.74, 6) is -0.191. The van der Waals surface area contributed by atoms with Crippen molar-refractivity contribution in [1.82, 2.24) is 4.90 Å². The number of para-hydroxylation sites is 1. The zero-order valence-electron chi connectivity index (χ0n) is 16.5. The number of benzene rings is 2. The molecular weight excluding hydrogens is 370 g/mol. The third-order valence-electron chi connectivity index (χ3n) is 4.70. The first-order valence-electron chi connectivity index (χ1n) is 9.42. The van der Waals surface area contributed by atoms with Crippen LogP contribution in [-0.4, -0.2) is 35.8 Å². The maximum Gasteiger partial charge on any atom is 0.308 e. The molecule has 6 heteroatoms. The van der Waals surface area contributed by atoms with Gasteiger partial charge in [0.15, 0.2) is 5.78 Å². The van der Waals surface area contributed by atoms with Gasteiger partial charge in [0.05, 0.1) is 18.0 Å². The summed E-state index contributed by atoms with van der Waals surface area (Å²) in [7, 11) is 0. The number of ether oxygens (including phenoxy) is 2. The van der Waals surface area contributed by atoms with Gasteiger partial charge in [0.2, 0.25) is 5.91 Å². The predicted molar refractivity (Wildman–Crippen MR) is 108 cm³/mol. The van der Waals surface area contributed by atoms with Gasteiger partial charge in [-0.05, 0) is 36.3 Å². The van der Waals surface area contributed by atoms with E-state index in [0.717, 1.165) is 11.1 Å². The molecule has 0 unspecified atom stereocenters. The lowest BCUT2D eigenvalue weighted by molar-refractivity contribution is -0.146. The number of ketones is 1. The summed E-state index contributed by atoms with van der Waals surface area (Å²) in [6, 6.07) is 14.2. The molecule has 29 heavy (non-hydrogen) atoms. The molecule has 1 aliphatic rings. The Labute approximate surface area is 169 Å². The van der Waals surface area contributed by atoms with Crippen molar-refractivity contribution in [3.63, 3.8) is 0 Å². The summed E-state index contributed by atoms with van der Waals surface area (Å²) in [5, 5.41) is 0. The highest BCUT2D eigenvalue weighted by atomic mass is 16.6. The van der Waals surface area contributed by atoms with Crippen molar-refractivity contribution < 1.29 is 23.9 Å². The van der Waals surface area contributed by atoms with Crippen molar-refractivity contribution in [1.29, 1.82) is 0 Å². The van der Waals surface area contributed by atoms with E-state index in [9.17, 15) is 14.4 Å². The molecule has 0 saturated heterocycles. The fraction of sp³-hybridized carbons (Fsp3) is 0.261. The highest BCUT2D eigenvalue weighted by Crippen LogP contribution is 2.33. The second kappa shape index (κ2) is 9.19. The van der Waals surface area contributed by atoms with Gasteiger partial charge >= 0.3 is 5.97 Å². The Kier molecular flexibility index (Phi) is 6.44. The molecule has 2 aromatic carbocycles. The van der Waals surface area contributed by atoms with Crippen LogP contribution in [-0.2, 0) is 14.3 Å². The molecule has 0 bridgehead atoms. The monoisotopic (exact) mass is 393 g/mol. The van der Waals surface area contributed by atoms with Crippen LogP contribution in [0.15, 0.2) is 54.7 Å². The van der Waals surface area contributed by atoms with Gasteiger partial charge in [-0.15, -0.1) is 0 Å². The van der Waals surface area contributed by atoms with Crippen LogP contribution in [0.1, 0.15) is 47.8 Å². The van der Waals surface area contributed by atoms with Crippen LogP contribution in [0.3, 0.4) is 0 Å². The minimum absolute atomic E-state index is 0.0466. The van der Waals surface area contributed by atoms with E-state index >= 15 is 0 Å². The van der Waals surface area contributed by atoms with Gasteiger partial charge in [-0.25, -0.2) is 0 Å². The second-order valence-corrected chi connectivity index (χ2v) is 6.71. The van der Waals surface area contributed by atoms with Gasteiger partial charge in [-0.3, -0.25) is 14.4 Å². The molecule has 0 aromatic heterocycles. The lowest BCUT2D eigenvalue weighted by Gasteiger charge is -2.32. The van der Waals surface area contributed by atoms with E-state index in [1.54, 1.807) is 35.4 Å². The Bertz CT molecular complexity index is 950. The molecule has 1 amide bonds. The van der Waals surface area contributed by atoms with Crippen molar-refractivity contribution in [2.24, 2.45) is 0 Å². The van der Waals surface area contributed by atoms with E-state index in [1.165, 1.54) is 13.8 Å². The van der Waals surface area contributed by atoms with Crippen LogP contribution in [0.2, 0.25) is 0 Å². The summed E-state index contributed by atoms with van der Waals surface area (Å²) in [4.78, 5) is 37.5. The molecule has 0 aliphatic carbocycles. The Morgan fingerprint density at radius 1 is 0.966 bits per heavy atom. The smallest absolute Gasteiger partial charge is 0.308 e. The number of rotatable bonds is 7. The van der Waals surface area contributed by atoms with Crippen LogP contribution in [0, 0.1) is 0 Å². The SMILES string of the molecule is CC(=O)c1ccccc1OCCOC(=O)C[C@@H]1c2ccccc2C=CN1C(C)=O. The molecule has 0 fully saturated rings. The number of carbonyl (C=O) groups excluding carboxylic acids is 3. The quantitative estimate of drug-likeness (QED) is 0.407. The fourth-order valence-corrected chi connectivity index (χ4v) is 3.32. The van der Waals surface area contributed by atoms with Gasteiger partial charge in [0, 0.05) is 13.1 Å². The molecule has 1 atom stereocenters. The van der Waals surface area contributed by atoms with Gasteiger partial charge in [0.1, 0.15) is 19.0 Å². The fourth-order valence-electron chi connectivity index (χ4n) is 3.32. The second-order valence-electron chi connectivity index (χ2n) is 6.71. The Balaban J connectivity index is 1.57. The maximum absolute atomic E-state index is 12.4. The van der Waals surface area contributed by atoms with E-state index in [2.05, 4.69) is 0 Å². The van der Waals surface area contributed by atoms with E-state index in [0.29, 0.717) is 11.3 Å². The van der Waals surface area contributed by atoms with Crippen molar-refractivity contribution in [3.8, 4) is 5.75 Å². The largest absolute Gasteiger partial charge is 0.489 e. The standard InChI is InChI=1S/C23H23NO5/c1-16(25)19-8-5-6-10-22(19)28-13-14-29-23(27)15-21-20-9-4-3-7-18(20)11-12-24(21)17(2)26/h3-12,21H,13-15H2,1-2H3/t21-/m1/s1. The molecule has 0 spiro atoms. The van der Waals surface area contributed by atoms with E-state index in [4.69, 9.17) is 9.47 Å². The molecule has 3 rings (SSSR count). The third kappa shape index (κ3) is 4.90. The number of hydrogen-bond donors (Lipinski definition) is 0. The van der Waals surface area contributed by atoms with Crippen molar-refractivity contribution in [2.75, 3.05) is 13.2 Å². The third-order valence-corrected chi connectivity index (χ3v) is 4.70. The van der Waals surface area contributed by atoms with Gasteiger partial charge in [-0.2, -0.15) is 0 Å². The minimum Gasteiger partial charge on any atom is -0.489 e. The van der Waals surface area contributed by atoms with Crippen LogP contribution in [0.4, 0.5) is 0 Å². The van der Waals surface area contributed by atoms with Crippen LogP contribution >= 0.6 is 0 Å². The molecular formula is C23H23NO5. The molecule has 2 aromatic rings. The van der Waals surface area contributed by atoms with Crippen molar-refractivity contribution in [2.45, 2.75) is 26.3 Å². The molecule has 0 N–H and O–H groups in total. The first kappa shape index (κ1) is 20.3. The van der Waals surface area contributed by atoms with Crippen LogP contribution < -0.4 is 4.74 Å². The minimum atomic E-state index is -0.421. The lowest BCUT2D eigenvalue weighted by atomic mass is 9.94. The predicted octanol–water partition coefficient (Wildman–Crippen LogP) is 3.78. The van der Waals surface area contributed by atoms with Crippen LogP contribution in [0.25, 0.3) is 6.08 Å². The van der Waals surface area contributed by atoms with E-state index in [-0.39, 0.29) is 31.3 Å². The summed E-state index contributed by atoms with van der Waals surface area (Å²) >= 11 is 0.